The molecule has 1 aromatic rings. The Labute approximate surface area is 120 Å². The van der Waals surface area contributed by atoms with E-state index in [1.807, 2.05) is 24.3 Å². The largest absolute Gasteiger partial charge is 0.232 e. The van der Waals surface area contributed by atoms with Crippen molar-refractivity contribution in [1.29, 1.82) is 10.5 Å². The molecule has 0 spiro atoms. The first kappa shape index (κ1) is 12.6. The second-order valence-corrected chi connectivity index (χ2v) is 5.82. The molecular weight excluding hydrogens is 304 g/mol. The van der Waals surface area contributed by atoms with E-state index in [0.717, 1.165) is 29.5 Å². The van der Waals surface area contributed by atoms with E-state index >= 15 is 0 Å². The topological polar surface area (TPSA) is 54.1 Å². The fourth-order valence-electron chi connectivity index (χ4n) is 3.12. The van der Waals surface area contributed by atoms with Crippen LogP contribution in [-0.4, -0.2) is 29.1 Å². The zero-order valence-corrected chi connectivity index (χ0v) is 11.9. The van der Waals surface area contributed by atoms with Crippen LogP contribution in [0, 0.1) is 28.6 Å². The van der Waals surface area contributed by atoms with Crippen molar-refractivity contribution in [3.8, 4) is 12.1 Å². The highest BCUT2D eigenvalue weighted by atomic mass is 79.9. The van der Waals surface area contributed by atoms with Gasteiger partial charge in [0, 0.05) is 17.6 Å². The highest BCUT2D eigenvalue weighted by Crippen LogP contribution is 2.43. The predicted octanol–water partition coefficient (Wildman–Crippen LogP) is 2.46. The minimum absolute atomic E-state index is 0.00486. The van der Waals surface area contributed by atoms with Crippen molar-refractivity contribution in [2.75, 3.05) is 13.1 Å². The van der Waals surface area contributed by atoms with Crippen molar-refractivity contribution in [1.82, 2.24) is 10.0 Å². The molecule has 0 amide bonds. The zero-order chi connectivity index (χ0) is 13.4. The number of nitriles is 2. The van der Waals surface area contributed by atoms with E-state index in [0.29, 0.717) is 0 Å². The molecule has 0 bridgehead atoms. The molecule has 0 N–H and O–H groups in total. The van der Waals surface area contributed by atoms with Crippen molar-refractivity contribution in [3.05, 3.63) is 34.3 Å². The molecule has 1 aromatic carbocycles. The van der Waals surface area contributed by atoms with Crippen LogP contribution in [0.1, 0.15) is 18.0 Å². The number of hydrazine groups is 1. The summed E-state index contributed by atoms with van der Waals surface area (Å²) in [5, 5.41) is 23.1. The quantitative estimate of drug-likeness (QED) is 0.798. The van der Waals surface area contributed by atoms with Crippen LogP contribution in [0.25, 0.3) is 0 Å². The highest BCUT2D eigenvalue weighted by molar-refractivity contribution is 9.10. The minimum Gasteiger partial charge on any atom is -0.232 e. The number of hydrogen-bond donors (Lipinski definition) is 0. The van der Waals surface area contributed by atoms with Gasteiger partial charge in [0.05, 0.1) is 24.1 Å². The molecule has 2 aliphatic rings. The van der Waals surface area contributed by atoms with E-state index in [9.17, 15) is 10.5 Å². The standard InChI is InChI=1S/C14H13BrN4/c15-11-4-2-10(3-5-11)14-12(8-16)13(9-17)18-6-1-7-19(14)18/h2-5,12-14H,1,6-7H2/t12-,13-,14+/m1/s1. The molecule has 0 aromatic heterocycles. The van der Waals surface area contributed by atoms with E-state index < -0.39 is 0 Å². The van der Waals surface area contributed by atoms with Crippen molar-refractivity contribution < 1.29 is 0 Å². The molecule has 0 aliphatic carbocycles. The van der Waals surface area contributed by atoms with Gasteiger partial charge in [0.25, 0.3) is 0 Å². The summed E-state index contributed by atoms with van der Waals surface area (Å²) in [5.74, 6) is -0.286. The van der Waals surface area contributed by atoms with Gasteiger partial charge >= 0.3 is 0 Å². The van der Waals surface area contributed by atoms with Crippen LogP contribution in [-0.2, 0) is 0 Å². The molecular formula is C14H13BrN4. The maximum Gasteiger partial charge on any atom is 0.129 e. The third kappa shape index (κ3) is 1.95. The summed E-state index contributed by atoms with van der Waals surface area (Å²) >= 11 is 3.43. The highest BCUT2D eigenvalue weighted by Gasteiger charge is 2.50. The fraction of sp³-hybridized carbons (Fsp3) is 0.429. The number of halogens is 1. The summed E-state index contributed by atoms with van der Waals surface area (Å²) in [6.07, 6.45) is 1.06. The lowest BCUT2D eigenvalue weighted by molar-refractivity contribution is 0.0383. The summed E-state index contributed by atoms with van der Waals surface area (Å²) in [6, 6.07) is 12.4. The molecule has 5 heteroatoms. The van der Waals surface area contributed by atoms with Crippen LogP contribution < -0.4 is 0 Å². The van der Waals surface area contributed by atoms with Gasteiger partial charge in [0.2, 0.25) is 0 Å². The Morgan fingerprint density at radius 1 is 1.05 bits per heavy atom. The number of nitrogens with zero attached hydrogens (tertiary/aromatic N) is 4. The van der Waals surface area contributed by atoms with Crippen LogP contribution in [0.3, 0.4) is 0 Å². The monoisotopic (exact) mass is 316 g/mol. The lowest BCUT2D eigenvalue weighted by atomic mass is 9.90. The third-order valence-corrected chi connectivity index (χ3v) is 4.45. The Morgan fingerprint density at radius 3 is 2.37 bits per heavy atom. The predicted molar refractivity (Wildman–Crippen MR) is 73.4 cm³/mol. The van der Waals surface area contributed by atoms with Gasteiger partial charge in [-0.1, -0.05) is 28.1 Å². The van der Waals surface area contributed by atoms with Gasteiger partial charge in [-0.2, -0.15) is 10.5 Å². The Kier molecular flexibility index (Phi) is 3.28. The Morgan fingerprint density at radius 2 is 1.74 bits per heavy atom. The molecule has 0 unspecified atom stereocenters. The summed E-state index contributed by atoms with van der Waals surface area (Å²) in [4.78, 5) is 0. The maximum atomic E-state index is 9.45. The summed E-state index contributed by atoms with van der Waals surface area (Å²) in [5.41, 5.74) is 1.11. The molecule has 2 saturated heterocycles. The van der Waals surface area contributed by atoms with Gasteiger partial charge in [0.1, 0.15) is 6.04 Å². The van der Waals surface area contributed by atoms with E-state index in [2.05, 4.69) is 38.1 Å². The molecule has 2 fully saturated rings. The Balaban J connectivity index is 2.01. The van der Waals surface area contributed by atoms with Gasteiger partial charge in [-0.25, -0.2) is 10.0 Å². The molecule has 19 heavy (non-hydrogen) atoms. The van der Waals surface area contributed by atoms with Crippen LogP contribution in [0.2, 0.25) is 0 Å². The SMILES string of the molecule is N#C[C@@H]1[C@@H](C#N)N2CCCN2[C@H]1c1ccc(Br)cc1. The minimum atomic E-state index is -0.318. The van der Waals surface area contributed by atoms with Gasteiger partial charge in [-0.3, -0.25) is 0 Å². The number of hydrogen-bond acceptors (Lipinski definition) is 4. The molecule has 4 nitrogen and oxygen atoms in total. The van der Waals surface area contributed by atoms with Crippen molar-refractivity contribution >= 4 is 15.9 Å². The second kappa shape index (κ2) is 4.94. The third-order valence-electron chi connectivity index (χ3n) is 3.92. The van der Waals surface area contributed by atoms with E-state index in [-0.39, 0.29) is 18.0 Å². The van der Waals surface area contributed by atoms with Crippen molar-refractivity contribution in [3.63, 3.8) is 0 Å². The average Bonchev–Trinajstić information content (AvgIpc) is 2.98. The first-order valence-corrected chi connectivity index (χ1v) is 7.13. The first-order chi connectivity index (χ1) is 9.26. The summed E-state index contributed by atoms with van der Waals surface area (Å²) < 4.78 is 1.03. The van der Waals surface area contributed by atoms with Crippen LogP contribution >= 0.6 is 15.9 Å². The lowest BCUT2D eigenvalue weighted by Gasteiger charge is -2.25. The first-order valence-electron chi connectivity index (χ1n) is 6.34. The summed E-state index contributed by atoms with van der Waals surface area (Å²) in [6.45, 7) is 1.81. The normalized spacial score (nSPS) is 30.8. The van der Waals surface area contributed by atoms with E-state index in [1.165, 1.54) is 0 Å². The van der Waals surface area contributed by atoms with Gasteiger partial charge in [-0.15, -0.1) is 0 Å². The number of rotatable bonds is 1. The molecule has 2 heterocycles. The van der Waals surface area contributed by atoms with E-state index in [1.54, 1.807) is 0 Å². The molecule has 96 valence electrons. The van der Waals surface area contributed by atoms with Crippen LogP contribution in [0.4, 0.5) is 0 Å². The van der Waals surface area contributed by atoms with Gasteiger partial charge in [0.15, 0.2) is 0 Å². The summed E-state index contributed by atoms with van der Waals surface area (Å²) in [7, 11) is 0. The Bertz CT molecular complexity index is 556. The molecule has 0 saturated carbocycles. The molecule has 0 radical (unpaired) electrons. The molecule has 2 aliphatic heterocycles. The van der Waals surface area contributed by atoms with Crippen molar-refractivity contribution in [2.24, 2.45) is 5.92 Å². The van der Waals surface area contributed by atoms with Gasteiger partial charge < -0.3 is 0 Å². The Hall–Kier alpha value is -1.40. The number of benzene rings is 1. The average molecular weight is 317 g/mol. The second-order valence-electron chi connectivity index (χ2n) is 4.90. The van der Waals surface area contributed by atoms with Crippen LogP contribution in [0.5, 0.6) is 0 Å². The van der Waals surface area contributed by atoms with Gasteiger partial charge in [-0.05, 0) is 24.1 Å². The fourth-order valence-corrected chi connectivity index (χ4v) is 3.38. The van der Waals surface area contributed by atoms with Crippen molar-refractivity contribution in [2.45, 2.75) is 18.5 Å². The van der Waals surface area contributed by atoms with Crippen LogP contribution in [0.15, 0.2) is 28.7 Å². The lowest BCUT2D eigenvalue weighted by Crippen LogP contribution is -2.35. The zero-order valence-electron chi connectivity index (χ0n) is 10.3. The molecule has 3 atom stereocenters. The number of fused-ring (bicyclic) bond motifs is 1. The smallest absolute Gasteiger partial charge is 0.129 e. The van der Waals surface area contributed by atoms with E-state index in [4.69, 9.17) is 0 Å². The molecule has 3 rings (SSSR count). The maximum absolute atomic E-state index is 9.45.